The molecule has 2 aromatic carbocycles. The van der Waals surface area contributed by atoms with Gasteiger partial charge in [-0.15, -0.1) is 0 Å². The lowest BCUT2D eigenvalue weighted by molar-refractivity contribution is -0.121. The monoisotopic (exact) mass is 573 g/mol. The molecule has 1 unspecified atom stereocenters. The number of carbonyl (C=O) groups excluding carboxylic acids is 1. The van der Waals surface area contributed by atoms with Crippen LogP contribution in [-0.2, 0) is 17.9 Å². The van der Waals surface area contributed by atoms with Crippen molar-refractivity contribution < 1.29 is 23.4 Å². The number of benzene rings is 2. The molecule has 218 valence electrons. The quantitative estimate of drug-likeness (QED) is 0.323. The van der Waals surface area contributed by atoms with Gasteiger partial charge >= 0.3 is 0 Å². The van der Waals surface area contributed by atoms with Gasteiger partial charge in [0.1, 0.15) is 12.1 Å². The van der Waals surface area contributed by atoms with Crippen LogP contribution in [0.3, 0.4) is 0 Å². The number of ether oxygens (including phenoxy) is 3. The zero-order chi connectivity index (χ0) is 29.1. The van der Waals surface area contributed by atoms with Crippen LogP contribution in [0.15, 0.2) is 61.2 Å². The first-order valence-electron chi connectivity index (χ1n) is 13.8. The summed E-state index contributed by atoms with van der Waals surface area (Å²) in [5.41, 5.74) is 2.58. The van der Waals surface area contributed by atoms with E-state index in [2.05, 4.69) is 25.1 Å². The minimum absolute atomic E-state index is 0.0828. The number of hydrogen-bond acceptors (Lipinski definition) is 9. The Labute approximate surface area is 242 Å². The summed E-state index contributed by atoms with van der Waals surface area (Å²) in [4.78, 5) is 31.2. The van der Waals surface area contributed by atoms with E-state index < -0.39 is 5.82 Å². The molecule has 0 radical (unpaired) electrons. The minimum atomic E-state index is -0.392. The van der Waals surface area contributed by atoms with Gasteiger partial charge in [0.05, 0.1) is 13.2 Å². The Morgan fingerprint density at radius 2 is 1.95 bits per heavy atom. The molecular formula is C30H32FN7O4. The Hall–Kier alpha value is -4.71. The van der Waals surface area contributed by atoms with E-state index in [-0.39, 0.29) is 30.9 Å². The maximum atomic E-state index is 14.4. The number of imidazole rings is 1. The molecule has 42 heavy (non-hydrogen) atoms. The molecule has 1 N–H and O–H groups in total. The molecule has 4 heterocycles. The second-order valence-electron chi connectivity index (χ2n) is 10.4. The Kier molecular flexibility index (Phi) is 7.87. The molecule has 1 atom stereocenters. The van der Waals surface area contributed by atoms with Crippen molar-refractivity contribution >= 4 is 11.7 Å². The molecule has 0 bridgehead atoms. The lowest BCUT2D eigenvalue weighted by Gasteiger charge is -2.42. The van der Waals surface area contributed by atoms with Crippen molar-refractivity contribution in [1.82, 2.24) is 29.7 Å². The summed E-state index contributed by atoms with van der Waals surface area (Å²) in [6.07, 6.45) is 5.39. The Morgan fingerprint density at radius 1 is 1.10 bits per heavy atom. The molecule has 0 spiro atoms. The number of amides is 1. The van der Waals surface area contributed by atoms with Crippen molar-refractivity contribution in [3.63, 3.8) is 0 Å². The molecule has 4 aromatic rings. The number of rotatable bonds is 9. The minimum Gasteiger partial charge on any atom is -0.494 e. The van der Waals surface area contributed by atoms with Crippen molar-refractivity contribution in [3.05, 3.63) is 83.8 Å². The van der Waals surface area contributed by atoms with Crippen molar-refractivity contribution in [2.24, 2.45) is 0 Å². The highest BCUT2D eigenvalue weighted by atomic mass is 19.1. The number of anilines is 1. The van der Waals surface area contributed by atoms with E-state index >= 15 is 0 Å². The van der Waals surface area contributed by atoms with Crippen molar-refractivity contribution in [2.45, 2.75) is 32.5 Å². The maximum Gasteiger partial charge on any atom is 0.237 e. The number of halogens is 1. The highest BCUT2D eigenvalue weighted by molar-refractivity contribution is 5.77. The zero-order valence-corrected chi connectivity index (χ0v) is 23.5. The standard InChI is InChI=1S/C30H32FN7O4/c1-20-11-28(35-30(34-20)37-8-7-32-18-37)38-10-9-36(16-22-4-5-25(40-2)24(31)12-22)17-23(38)14-29(39)33-15-21-3-6-26-27(13-21)42-19-41-26/h3-8,11-13,18,23H,9-10,14-17,19H2,1-2H3,(H,33,39). The van der Waals surface area contributed by atoms with Crippen LogP contribution in [0, 0.1) is 12.7 Å². The summed E-state index contributed by atoms with van der Waals surface area (Å²) < 4.78 is 32.1. The molecule has 12 heteroatoms. The molecule has 6 rings (SSSR count). The molecule has 2 aliphatic heterocycles. The Morgan fingerprint density at radius 3 is 2.76 bits per heavy atom. The molecule has 0 aliphatic carbocycles. The number of aromatic nitrogens is 4. The summed E-state index contributed by atoms with van der Waals surface area (Å²) in [6, 6.07) is 12.4. The third-order valence-corrected chi connectivity index (χ3v) is 7.40. The van der Waals surface area contributed by atoms with Crippen LogP contribution in [-0.4, -0.2) is 69.9 Å². The number of nitrogens with one attached hydrogen (secondary N) is 1. The van der Waals surface area contributed by atoms with E-state index in [9.17, 15) is 9.18 Å². The summed E-state index contributed by atoms with van der Waals surface area (Å²) in [6.45, 7) is 4.99. The number of nitrogens with zero attached hydrogens (tertiary/aromatic N) is 6. The van der Waals surface area contributed by atoms with Gasteiger partial charge in [0.25, 0.3) is 0 Å². The van der Waals surface area contributed by atoms with Gasteiger partial charge in [-0.25, -0.2) is 14.4 Å². The average molecular weight is 574 g/mol. The molecule has 11 nitrogen and oxygen atoms in total. The van der Waals surface area contributed by atoms with Crippen LogP contribution in [0.4, 0.5) is 10.2 Å². The smallest absolute Gasteiger partial charge is 0.237 e. The fourth-order valence-corrected chi connectivity index (χ4v) is 5.32. The van der Waals surface area contributed by atoms with Gasteiger partial charge in [-0.3, -0.25) is 14.3 Å². The predicted octanol–water partition coefficient (Wildman–Crippen LogP) is 3.24. The fourth-order valence-electron chi connectivity index (χ4n) is 5.32. The lowest BCUT2D eigenvalue weighted by atomic mass is 10.1. The first-order chi connectivity index (χ1) is 20.4. The van der Waals surface area contributed by atoms with E-state index in [1.807, 2.05) is 37.3 Å². The number of methoxy groups -OCH3 is 1. The number of fused-ring (bicyclic) bond motifs is 1. The Bertz CT molecular complexity index is 1570. The van der Waals surface area contributed by atoms with Gasteiger partial charge in [-0.1, -0.05) is 12.1 Å². The number of aryl methyl sites for hydroxylation is 1. The predicted molar refractivity (Wildman–Crippen MR) is 152 cm³/mol. The number of carbonyl (C=O) groups is 1. The van der Waals surface area contributed by atoms with Crippen LogP contribution in [0.2, 0.25) is 0 Å². The van der Waals surface area contributed by atoms with Gasteiger partial charge in [-0.2, -0.15) is 4.98 Å². The summed E-state index contributed by atoms with van der Waals surface area (Å²) in [5.74, 6) is 2.39. The summed E-state index contributed by atoms with van der Waals surface area (Å²) in [5, 5.41) is 3.05. The molecule has 2 aliphatic rings. The van der Waals surface area contributed by atoms with E-state index in [4.69, 9.17) is 19.2 Å². The second-order valence-corrected chi connectivity index (χ2v) is 10.4. The van der Waals surface area contributed by atoms with Gasteiger partial charge < -0.3 is 24.4 Å². The maximum absolute atomic E-state index is 14.4. The van der Waals surface area contributed by atoms with E-state index in [1.54, 1.807) is 29.4 Å². The summed E-state index contributed by atoms with van der Waals surface area (Å²) >= 11 is 0. The third-order valence-electron chi connectivity index (χ3n) is 7.40. The van der Waals surface area contributed by atoms with Gasteiger partial charge in [0.15, 0.2) is 23.1 Å². The van der Waals surface area contributed by atoms with Gasteiger partial charge in [-0.05, 0) is 42.3 Å². The van der Waals surface area contributed by atoms with Crippen LogP contribution in [0.25, 0.3) is 5.95 Å². The molecule has 1 fully saturated rings. The fraction of sp³-hybridized carbons (Fsp3) is 0.333. The molecule has 1 amide bonds. The van der Waals surface area contributed by atoms with E-state index in [0.29, 0.717) is 50.2 Å². The summed E-state index contributed by atoms with van der Waals surface area (Å²) in [7, 11) is 1.45. The first kappa shape index (κ1) is 27.5. The normalized spacial score (nSPS) is 16.5. The number of piperazine rings is 1. The average Bonchev–Trinajstić information content (AvgIpc) is 3.69. The highest BCUT2D eigenvalue weighted by Gasteiger charge is 2.30. The van der Waals surface area contributed by atoms with Gasteiger partial charge in [0, 0.05) is 63.3 Å². The van der Waals surface area contributed by atoms with Crippen molar-refractivity contribution in [2.75, 3.05) is 38.4 Å². The number of hydrogen-bond donors (Lipinski definition) is 1. The van der Waals surface area contributed by atoms with E-state index in [1.165, 1.54) is 13.2 Å². The van der Waals surface area contributed by atoms with Crippen LogP contribution < -0.4 is 24.4 Å². The zero-order valence-electron chi connectivity index (χ0n) is 23.5. The molecule has 0 saturated carbocycles. The molecular weight excluding hydrogens is 541 g/mol. The van der Waals surface area contributed by atoms with Crippen LogP contribution in [0.1, 0.15) is 23.2 Å². The van der Waals surface area contributed by atoms with Crippen LogP contribution >= 0.6 is 0 Å². The van der Waals surface area contributed by atoms with Gasteiger partial charge in [0.2, 0.25) is 18.6 Å². The molecule has 1 saturated heterocycles. The topological polar surface area (TPSA) is 107 Å². The van der Waals surface area contributed by atoms with Crippen LogP contribution in [0.5, 0.6) is 17.2 Å². The lowest BCUT2D eigenvalue weighted by Crippen LogP contribution is -2.54. The van der Waals surface area contributed by atoms with E-state index in [0.717, 1.165) is 22.6 Å². The third kappa shape index (κ3) is 6.13. The SMILES string of the molecule is COc1ccc(CN2CCN(c3cc(C)nc(-n4ccnc4)n3)C(CC(=O)NCc3ccc4c(c3)OCO4)C2)cc1F. The molecule has 2 aromatic heterocycles. The van der Waals surface area contributed by atoms with Crippen molar-refractivity contribution in [1.29, 1.82) is 0 Å². The highest BCUT2D eigenvalue weighted by Crippen LogP contribution is 2.32. The van der Waals surface area contributed by atoms with Crippen molar-refractivity contribution in [3.8, 4) is 23.2 Å². The Balaban J connectivity index is 1.19. The second kappa shape index (κ2) is 12.0. The first-order valence-corrected chi connectivity index (χ1v) is 13.8. The largest absolute Gasteiger partial charge is 0.494 e.